The van der Waals surface area contributed by atoms with Crippen molar-refractivity contribution in [1.82, 2.24) is 25.7 Å². The number of carbonyl (C=O) groups is 1. The van der Waals surface area contributed by atoms with Gasteiger partial charge in [0, 0.05) is 24.7 Å². The number of hydrogen-bond acceptors (Lipinski definition) is 5. The molecule has 0 radical (unpaired) electrons. The summed E-state index contributed by atoms with van der Waals surface area (Å²) in [6.07, 6.45) is -0.572. The van der Waals surface area contributed by atoms with Gasteiger partial charge in [-0.2, -0.15) is 5.10 Å². The first-order valence-corrected chi connectivity index (χ1v) is 11.3. The van der Waals surface area contributed by atoms with Gasteiger partial charge in [0.25, 0.3) is 6.43 Å². The summed E-state index contributed by atoms with van der Waals surface area (Å²) in [6, 6.07) is 10.8. The van der Waals surface area contributed by atoms with Crippen LogP contribution in [0.15, 0.2) is 42.6 Å². The van der Waals surface area contributed by atoms with Crippen molar-refractivity contribution < 1.29 is 13.6 Å². The highest BCUT2D eigenvalue weighted by Crippen LogP contribution is 2.51. The zero-order valence-electron chi connectivity index (χ0n) is 16.5. The van der Waals surface area contributed by atoms with E-state index in [0.717, 1.165) is 17.8 Å². The molecule has 0 saturated carbocycles. The highest BCUT2D eigenvalue weighted by Gasteiger charge is 2.56. The second-order valence-corrected chi connectivity index (χ2v) is 9.43. The Hall–Kier alpha value is -1.97. The van der Waals surface area contributed by atoms with Crippen LogP contribution in [0.4, 0.5) is 8.78 Å². The molecule has 160 valence electrons. The third-order valence-electron chi connectivity index (χ3n) is 6.45. The summed E-state index contributed by atoms with van der Waals surface area (Å²) in [4.78, 5) is 13.0. The van der Waals surface area contributed by atoms with E-state index in [9.17, 15) is 13.6 Å². The molecule has 2 aromatic rings. The van der Waals surface area contributed by atoms with E-state index in [-0.39, 0.29) is 40.6 Å². The van der Waals surface area contributed by atoms with Crippen molar-refractivity contribution in [2.24, 2.45) is 5.92 Å². The minimum atomic E-state index is -2.44. The number of benzene rings is 1. The van der Waals surface area contributed by atoms with Crippen molar-refractivity contribution in [3.63, 3.8) is 0 Å². The first-order valence-electron chi connectivity index (χ1n) is 10.4. The molecule has 0 spiro atoms. The molecule has 4 heterocycles. The van der Waals surface area contributed by atoms with Gasteiger partial charge in [-0.05, 0) is 30.9 Å². The van der Waals surface area contributed by atoms with Gasteiger partial charge in [0.15, 0.2) is 0 Å². The average molecular weight is 434 g/mol. The number of fused-ring (bicyclic) bond motifs is 3. The predicted octanol–water partition coefficient (Wildman–Crippen LogP) is 2.46. The normalized spacial score (nSPS) is 35.7. The fourth-order valence-corrected chi connectivity index (χ4v) is 6.76. The molecule has 3 fully saturated rings. The summed E-state index contributed by atoms with van der Waals surface area (Å²) < 4.78 is 29.1. The molecule has 0 bridgehead atoms. The van der Waals surface area contributed by atoms with Gasteiger partial charge in [-0.3, -0.25) is 20.1 Å². The number of carbonyl (C=O) groups excluding carboxylic acids is 1. The van der Waals surface area contributed by atoms with Crippen LogP contribution in [0.2, 0.25) is 0 Å². The van der Waals surface area contributed by atoms with Crippen LogP contribution in [0.1, 0.15) is 36.7 Å². The zero-order chi connectivity index (χ0) is 20.8. The largest absolute Gasteiger partial charge is 0.334 e. The molecule has 9 heteroatoms. The lowest BCUT2D eigenvalue weighted by molar-refractivity contribution is -0.124. The number of nitrogens with one attached hydrogen (secondary N) is 3. The van der Waals surface area contributed by atoms with Gasteiger partial charge in [-0.1, -0.05) is 30.3 Å². The third-order valence-corrected chi connectivity index (χ3v) is 8.00. The maximum Gasteiger partial charge on any atom is 0.253 e. The van der Waals surface area contributed by atoms with Crippen molar-refractivity contribution in [2.45, 2.75) is 61.1 Å². The molecular formula is C21H25F2N5OS. The number of piperidine rings is 1. The molecule has 3 aliphatic rings. The SMILES string of the molecule is CCn1ccc(C2NC(=O)C3SC4NC(C(F)F)CC(c5ccccc5)C4C3N2)n1. The predicted molar refractivity (Wildman–Crippen MR) is 111 cm³/mol. The summed E-state index contributed by atoms with van der Waals surface area (Å²) in [6.45, 7) is 2.76. The van der Waals surface area contributed by atoms with Crippen molar-refractivity contribution in [3.05, 3.63) is 53.9 Å². The molecule has 5 rings (SSSR count). The number of aromatic nitrogens is 2. The van der Waals surface area contributed by atoms with Crippen LogP contribution in [0.3, 0.4) is 0 Å². The van der Waals surface area contributed by atoms with Crippen LogP contribution < -0.4 is 16.0 Å². The molecular weight excluding hydrogens is 408 g/mol. The van der Waals surface area contributed by atoms with Crippen LogP contribution in [0, 0.1) is 5.92 Å². The van der Waals surface area contributed by atoms with E-state index in [1.165, 1.54) is 11.8 Å². The van der Waals surface area contributed by atoms with Gasteiger partial charge < -0.3 is 5.32 Å². The Bertz CT molecular complexity index is 910. The van der Waals surface area contributed by atoms with Crippen molar-refractivity contribution in [2.75, 3.05) is 0 Å². The topological polar surface area (TPSA) is 71.0 Å². The summed E-state index contributed by atoms with van der Waals surface area (Å²) in [5.74, 6) is -0.0817. The van der Waals surface area contributed by atoms with Crippen molar-refractivity contribution in [1.29, 1.82) is 0 Å². The minimum Gasteiger partial charge on any atom is -0.334 e. The summed E-state index contributed by atoms with van der Waals surface area (Å²) in [5, 5.41) is 13.7. The molecule has 30 heavy (non-hydrogen) atoms. The smallest absolute Gasteiger partial charge is 0.253 e. The maximum absolute atomic E-state index is 13.7. The van der Waals surface area contributed by atoms with Crippen molar-refractivity contribution >= 4 is 17.7 Å². The molecule has 1 aromatic heterocycles. The number of nitrogens with zero attached hydrogens (tertiary/aromatic N) is 2. The van der Waals surface area contributed by atoms with Crippen LogP contribution in [0.5, 0.6) is 0 Å². The molecule has 6 nitrogen and oxygen atoms in total. The highest BCUT2D eigenvalue weighted by atomic mass is 32.2. The van der Waals surface area contributed by atoms with E-state index < -0.39 is 12.5 Å². The van der Waals surface area contributed by atoms with Gasteiger partial charge in [0.1, 0.15) is 11.4 Å². The molecule has 1 aromatic carbocycles. The fraction of sp³-hybridized carbons (Fsp3) is 0.524. The molecule has 3 N–H and O–H groups in total. The molecule has 7 unspecified atom stereocenters. The molecule has 3 aliphatic heterocycles. The Morgan fingerprint density at radius 2 is 2.03 bits per heavy atom. The number of rotatable bonds is 4. The van der Waals surface area contributed by atoms with E-state index in [1.54, 1.807) is 0 Å². The number of halogens is 2. The van der Waals surface area contributed by atoms with E-state index in [4.69, 9.17) is 0 Å². The van der Waals surface area contributed by atoms with E-state index in [1.807, 2.05) is 54.2 Å². The van der Waals surface area contributed by atoms with Crippen LogP contribution in [-0.2, 0) is 11.3 Å². The summed E-state index contributed by atoms with van der Waals surface area (Å²) in [7, 11) is 0. The fourth-order valence-electron chi connectivity index (χ4n) is 5.03. The lowest BCUT2D eigenvalue weighted by atomic mass is 9.73. The van der Waals surface area contributed by atoms with Gasteiger partial charge in [-0.25, -0.2) is 8.78 Å². The third kappa shape index (κ3) is 3.42. The molecule has 1 amide bonds. The van der Waals surface area contributed by atoms with E-state index in [2.05, 4.69) is 21.0 Å². The monoisotopic (exact) mass is 433 g/mol. The molecule has 0 aliphatic carbocycles. The number of aryl methyl sites for hydroxylation is 1. The molecule has 7 atom stereocenters. The number of alkyl halides is 2. The Kier molecular flexibility index (Phi) is 5.28. The Balaban J connectivity index is 1.47. The number of amides is 1. The summed E-state index contributed by atoms with van der Waals surface area (Å²) in [5.41, 5.74) is 1.82. The maximum atomic E-state index is 13.7. The van der Waals surface area contributed by atoms with Crippen LogP contribution in [-0.4, -0.2) is 44.8 Å². The van der Waals surface area contributed by atoms with Gasteiger partial charge in [0.05, 0.1) is 17.1 Å². The quantitative estimate of drug-likeness (QED) is 0.691. The average Bonchev–Trinajstić information content (AvgIpc) is 3.38. The van der Waals surface area contributed by atoms with E-state index >= 15 is 0 Å². The van der Waals surface area contributed by atoms with E-state index in [0.29, 0.717) is 6.42 Å². The first kappa shape index (κ1) is 20.0. The Morgan fingerprint density at radius 1 is 1.23 bits per heavy atom. The Labute approximate surface area is 178 Å². The van der Waals surface area contributed by atoms with Gasteiger partial charge in [-0.15, -0.1) is 11.8 Å². The Morgan fingerprint density at radius 3 is 2.73 bits per heavy atom. The van der Waals surface area contributed by atoms with Crippen LogP contribution >= 0.6 is 11.8 Å². The zero-order valence-corrected chi connectivity index (χ0v) is 17.4. The number of thioether (sulfide) groups is 1. The summed E-state index contributed by atoms with van der Waals surface area (Å²) >= 11 is 1.47. The molecule has 3 saturated heterocycles. The minimum absolute atomic E-state index is 0.0270. The van der Waals surface area contributed by atoms with Crippen molar-refractivity contribution in [3.8, 4) is 0 Å². The lowest BCUT2D eigenvalue weighted by Crippen LogP contribution is -2.61. The number of hydrogen-bond donors (Lipinski definition) is 3. The van der Waals surface area contributed by atoms with Gasteiger partial charge >= 0.3 is 0 Å². The lowest BCUT2D eigenvalue weighted by Gasteiger charge is -2.43. The second kappa shape index (κ2) is 7.94. The van der Waals surface area contributed by atoms with Crippen LogP contribution in [0.25, 0.3) is 0 Å². The first-order chi connectivity index (χ1) is 14.5. The highest BCUT2D eigenvalue weighted by molar-refractivity contribution is 8.01. The second-order valence-electron chi connectivity index (χ2n) is 8.15. The standard InChI is InChI=1S/C21H25F2N5OS/c1-2-28-9-8-13(27-28)19-25-16-15-12(11-6-4-3-5-7-11)10-14(18(22)23)24-21(15)30-17(16)20(29)26-19/h3-9,12,14-19,21,24-25H,2,10H2,1H3,(H,26,29). The van der Waals surface area contributed by atoms with Gasteiger partial charge in [0.2, 0.25) is 5.91 Å².